The van der Waals surface area contributed by atoms with Crippen LogP contribution in [-0.2, 0) is 34.1 Å². The molecule has 14 heteroatoms. The molecule has 0 atom stereocenters. The van der Waals surface area contributed by atoms with Crippen LogP contribution in [0.15, 0.2) is 89.4 Å². The molecule has 270 valence electrons. The van der Waals surface area contributed by atoms with E-state index >= 15 is 0 Å². The number of hydrogen-bond donors (Lipinski definition) is 3. The molecule has 2 heterocycles. The number of carbonyl (C=O) groups excluding carboxylic acids is 4. The second-order valence-electron chi connectivity index (χ2n) is 12.7. The van der Waals surface area contributed by atoms with Crippen molar-refractivity contribution >= 4 is 58.4 Å². The van der Waals surface area contributed by atoms with Gasteiger partial charge in [0.2, 0.25) is 0 Å². The van der Waals surface area contributed by atoms with Crippen LogP contribution in [0.4, 0.5) is 27.5 Å². The number of nitrogens with one attached hydrogen (secondary N) is 3. The number of anilines is 2. The molecule has 51 heavy (non-hydrogen) atoms. The quantitative estimate of drug-likeness (QED) is 0.0608. The number of carbonyl (C=O) groups is 4. The van der Waals surface area contributed by atoms with Crippen LogP contribution in [0.3, 0.4) is 0 Å². The zero-order valence-corrected chi connectivity index (χ0v) is 30.4. The molecule has 0 saturated carbocycles. The Morgan fingerprint density at radius 2 is 1.39 bits per heavy atom. The maximum Gasteiger partial charge on any atom is 0.412 e. The van der Waals surface area contributed by atoms with Crippen molar-refractivity contribution in [2.24, 2.45) is 24.3 Å². The molecule has 13 nitrogen and oxygen atoms in total. The molecule has 2 aromatic heterocycles. The lowest BCUT2D eigenvalue weighted by Crippen LogP contribution is -2.27. The summed E-state index contributed by atoms with van der Waals surface area (Å²) < 4.78 is 13.8. The van der Waals surface area contributed by atoms with E-state index in [-0.39, 0.29) is 18.3 Å². The molecule has 3 N–H and O–H groups in total. The topological polar surface area (TPSA) is 157 Å². The largest absolute Gasteiger partial charge is 0.465 e. The van der Waals surface area contributed by atoms with E-state index in [0.717, 1.165) is 22.7 Å². The molecule has 0 aliphatic rings. The number of thioether (sulfide) groups is 1. The normalized spacial score (nSPS) is 11.3. The summed E-state index contributed by atoms with van der Waals surface area (Å²) in [5, 5.41) is 16.7. The molecule has 2 aromatic carbocycles. The maximum absolute atomic E-state index is 12.9. The number of nitrogens with zero attached hydrogens (tertiary/aromatic N) is 4. The number of hydrogen-bond acceptors (Lipinski definition) is 9. The second-order valence-corrected chi connectivity index (χ2v) is 13.8. The Kier molecular flexibility index (Phi) is 14.0. The molecule has 0 saturated heterocycles. The molecule has 0 radical (unpaired) electrons. The smallest absolute Gasteiger partial charge is 0.412 e. The first-order chi connectivity index (χ1) is 24.4. The second kappa shape index (κ2) is 18.6. The minimum Gasteiger partial charge on any atom is -0.465 e. The van der Waals surface area contributed by atoms with E-state index in [2.05, 4.69) is 26.2 Å². The molecule has 0 unspecified atom stereocenters. The fourth-order valence-corrected chi connectivity index (χ4v) is 5.54. The molecule has 0 bridgehead atoms. The number of esters is 1. The summed E-state index contributed by atoms with van der Waals surface area (Å²) in [7, 11) is 3.39. The number of aromatic nitrogens is 2. The lowest BCUT2D eigenvalue weighted by Gasteiger charge is -2.19. The van der Waals surface area contributed by atoms with Gasteiger partial charge in [-0.05, 0) is 75.6 Å². The number of amides is 3. The van der Waals surface area contributed by atoms with Gasteiger partial charge in [0.25, 0.3) is 11.8 Å². The molecule has 0 aliphatic carbocycles. The van der Waals surface area contributed by atoms with E-state index < -0.39 is 17.6 Å². The predicted octanol–water partition coefficient (Wildman–Crippen LogP) is 7.76. The Bertz CT molecular complexity index is 1810. The number of unbranched alkanes of at least 4 members (excludes halogenated alkanes) is 1. The van der Waals surface area contributed by atoms with E-state index in [4.69, 9.17) is 9.47 Å². The van der Waals surface area contributed by atoms with Gasteiger partial charge in [-0.2, -0.15) is 22.0 Å². The molecular formula is C37H45N7O6S. The van der Waals surface area contributed by atoms with Crippen LogP contribution in [0.5, 0.6) is 0 Å². The van der Waals surface area contributed by atoms with Gasteiger partial charge in [-0.3, -0.25) is 19.7 Å². The van der Waals surface area contributed by atoms with Crippen molar-refractivity contribution in [2.75, 3.05) is 29.5 Å². The SMILES string of the molecule is Cn1cc(NC(=O)c2cc(NC(=O)OC(C)(C)C)cn2C)cc1C(=O)NCCCCC(=O)OCCSCc1ccc(N=Nc2ccccc2)cc1. The summed E-state index contributed by atoms with van der Waals surface area (Å²) in [5.74, 6) is 0.515. The van der Waals surface area contributed by atoms with Crippen LogP contribution in [0, 0.1) is 0 Å². The van der Waals surface area contributed by atoms with E-state index in [1.54, 1.807) is 74.2 Å². The molecule has 0 fully saturated rings. The van der Waals surface area contributed by atoms with Gasteiger partial charge in [-0.15, -0.1) is 0 Å². The average Bonchev–Trinajstić information content (AvgIpc) is 3.63. The minimum absolute atomic E-state index is 0.260. The Labute approximate surface area is 302 Å². The molecule has 3 amide bonds. The first-order valence-corrected chi connectivity index (χ1v) is 17.7. The molecule has 4 aromatic rings. The third kappa shape index (κ3) is 13.1. The summed E-state index contributed by atoms with van der Waals surface area (Å²) in [4.78, 5) is 50.0. The maximum atomic E-state index is 12.9. The lowest BCUT2D eigenvalue weighted by molar-refractivity contribution is -0.143. The summed E-state index contributed by atoms with van der Waals surface area (Å²) in [5.41, 5.74) is 3.61. The van der Waals surface area contributed by atoms with Gasteiger partial charge in [-0.1, -0.05) is 30.3 Å². The number of aryl methyl sites for hydroxylation is 2. The molecule has 0 spiro atoms. The van der Waals surface area contributed by atoms with Crippen molar-refractivity contribution in [3.63, 3.8) is 0 Å². The van der Waals surface area contributed by atoms with Crippen LogP contribution in [-0.4, -0.2) is 57.5 Å². The molecule has 0 aliphatic heterocycles. The first-order valence-electron chi connectivity index (χ1n) is 16.6. The third-order valence-electron chi connectivity index (χ3n) is 7.20. The van der Waals surface area contributed by atoms with Gasteiger partial charge in [0.15, 0.2) is 0 Å². The number of azo groups is 1. The first kappa shape index (κ1) is 38.4. The standard InChI is InChI=1S/C37H45N7O6S/c1-37(2,3)50-36(48)40-30-22-32(44(5)24-30)35(47)39-29-21-31(43(4)23-29)34(46)38-18-10-9-13-33(45)49-19-20-51-25-26-14-16-28(17-15-26)42-41-27-11-7-6-8-12-27/h6-8,11-12,14-17,21-24H,9-10,13,18-20,25H2,1-5H3,(H,38,46)(H,39,47)(H,40,48). The van der Waals surface area contributed by atoms with Gasteiger partial charge >= 0.3 is 12.1 Å². The Hall–Kier alpha value is -5.37. The van der Waals surface area contributed by atoms with Crippen LogP contribution >= 0.6 is 11.8 Å². The Balaban J connectivity index is 1.08. The highest BCUT2D eigenvalue weighted by Gasteiger charge is 2.19. The highest BCUT2D eigenvalue weighted by Crippen LogP contribution is 2.21. The highest BCUT2D eigenvalue weighted by molar-refractivity contribution is 7.98. The summed E-state index contributed by atoms with van der Waals surface area (Å²) in [6.07, 6.45) is 4.08. The van der Waals surface area contributed by atoms with Crippen LogP contribution < -0.4 is 16.0 Å². The lowest BCUT2D eigenvalue weighted by atomic mass is 10.2. The zero-order chi connectivity index (χ0) is 36.8. The van der Waals surface area contributed by atoms with E-state index in [1.807, 2.05) is 54.6 Å². The molecule has 4 rings (SSSR count). The van der Waals surface area contributed by atoms with Crippen molar-refractivity contribution in [3.05, 3.63) is 96.1 Å². The van der Waals surface area contributed by atoms with E-state index in [0.29, 0.717) is 54.5 Å². The summed E-state index contributed by atoms with van der Waals surface area (Å²) in [6.45, 7) is 6.01. The van der Waals surface area contributed by atoms with E-state index in [9.17, 15) is 19.2 Å². The number of benzene rings is 2. The van der Waals surface area contributed by atoms with Gasteiger partial charge in [-0.25, -0.2) is 4.79 Å². The van der Waals surface area contributed by atoms with Crippen LogP contribution in [0.2, 0.25) is 0 Å². The van der Waals surface area contributed by atoms with Crippen molar-refractivity contribution in [2.45, 2.75) is 51.4 Å². The zero-order valence-electron chi connectivity index (χ0n) is 29.6. The van der Waals surface area contributed by atoms with Gasteiger partial charge in [0, 0.05) is 51.0 Å². The van der Waals surface area contributed by atoms with Crippen molar-refractivity contribution in [1.82, 2.24) is 14.5 Å². The van der Waals surface area contributed by atoms with Gasteiger partial charge in [0.05, 0.1) is 22.7 Å². The Morgan fingerprint density at radius 3 is 2.04 bits per heavy atom. The van der Waals surface area contributed by atoms with Crippen molar-refractivity contribution in [3.8, 4) is 0 Å². The number of ether oxygens (including phenoxy) is 2. The van der Waals surface area contributed by atoms with Crippen molar-refractivity contribution in [1.29, 1.82) is 0 Å². The van der Waals surface area contributed by atoms with E-state index in [1.165, 1.54) is 6.07 Å². The van der Waals surface area contributed by atoms with Crippen LogP contribution in [0.1, 0.15) is 66.6 Å². The fourth-order valence-electron chi connectivity index (χ4n) is 4.77. The number of rotatable bonds is 16. The summed E-state index contributed by atoms with van der Waals surface area (Å²) >= 11 is 1.68. The Morgan fingerprint density at radius 1 is 0.784 bits per heavy atom. The fraction of sp³-hybridized carbons (Fsp3) is 0.351. The highest BCUT2D eigenvalue weighted by atomic mass is 32.2. The van der Waals surface area contributed by atoms with Gasteiger partial charge < -0.3 is 29.2 Å². The predicted molar refractivity (Wildman–Crippen MR) is 199 cm³/mol. The minimum atomic E-state index is -0.654. The molecular weight excluding hydrogens is 671 g/mol. The van der Waals surface area contributed by atoms with Gasteiger partial charge in [0.1, 0.15) is 23.6 Å². The van der Waals surface area contributed by atoms with Crippen molar-refractivity contribution < 1.29 is 28.7 Å². The summed E-state index contributed by atoms with van der Waals surface area (Å²) in [6, 6.07) is 20.6. The monoisotopic (exact) mass is 715 g/mol. The average molecular weight is 716 g/mol. The van der Waals surface area contributed by atoms with Crippen LogP contribution in [0.25, 0.3) is 0 Å². The third-order valence-corrected chi connectivity index (χ3v) is 8.20.